The maximum atomic E-state index is 10.8. The molecule has 0 bridgehead atoms. The van der Waals surface area contributed by atoms with Crippen molar-refractivity contribution in [3.63, 3.8) is 0 Å². The first-order chi connectivity index (χ1) is 6.70. The molecule has 0 radical (unpaired) electrons. The van der Waals surface area contributed by atoms with Crippen LogP contribution in [-0.2, 0) is 0 Å². The van der Waals surface area contributed by atoms with Crippen LogP contribution in [0.4, 0.5) is 0 Å². The Morgan fingerprint density at radius 2 is 2.00 bits per heavy atom. The Bertz CT molecular complexity index is 508. The minimum atomic E-state index is -1.02. The van der Waals surface area contributed by atoms with E-state index in [4.69, 9.17) is 5.11 Å². The molecule has 4 nitrogen and oxygen atoms in total. The lowest BCUT2D eigenvalue weighted by Gasteiger charge is -2.02. The van der Waals surface area contributed by atoms with E-state index >= 15 is 0 Å². The summed E-state index contributed by atoms with van der Waals surface area (Å²) in [6.45, 7) is 0. The van der Waals surface area contributed by atoms with Crippen LogP contribution in [0.2, 0.25) is 0 Å². The molecule has 0 saturated carbocycles. The molecule has 0 aliphatic carbocycles. The van der Waals surface area contributed by atoms with Crippen LogP contribution >= 0.6 is 0 Å². The monoisotopic (exact) mass is 189 g/mol. The number of aromatic carboxylic acids is 1. The van der Waals surface area contributed by atoms with Gasteiger partial charge in [0.2, 0.25) is 0 Å². The van der Waals surface area contributed by atoms with Crippen LogP contribution in [0.5, 0.6) is 5.75 Å². The largest absolute Gasteiger partial charge is 0.507 e. The maximum absolute atomic E-state index is 10.8. The zero-order chi connectivity index (χ0) is 10.1. The van der Waals surface area contributed by atoms with E-state index in [1.165, 1.54) is 24.5 Å². The second-order valence-electron chi connectivity index (χ2n) is 2.86. The van der Waals surface area contributed by atoms with E-state index in [0.717, 1.165) is 0 Å². The van der Waals surface area contributed by atoms with Crippen LogP contribution in [0.15, 0.2) is 30.6 Å². The number of carboxylic acid groups (broad SMARTS) is 1. The zero-order valence-corrected chi connectivity index (χ0v) is 7.14. The van der Waals surface area contributed by atoms with Gasteiger partial charge in [0.1, 0.15) is 5.75 Å². The number of rotatable bonds is 1. The van der Waals surface area contributed by atoms with Crippen molar-refractivity contribution in [2.75, 3.05) is 0 Å². The SMILES string of the molecule is O=C(O)c1ccc(O)c2ccncc12. The maximum Gasteiger partial charge on any atom is 0.336 e. The van der Waals surface area contributed by atoms with Gasteiger partial charge >= 0.3 is 5.97 Å². The number of pyridine rings is 1. The summed E-state index contributed by atoms with van der Waals surface area (Å²) in [4.78, 5) is 14.6. The molecule has 4 heteroatoms. The van der Waals surface area contributed by atoms with Gasteiger partial charge in [-0.15, -0.1) is 0 Å². The first-order valence-electron chi connectivity index (χ1n) is 3.99. The molecule has 0 atom stereocenters. The van der Waals surface area contributed by atoms with Crippen molar-refractivity contribution in [1.29, 1.82) is 0 Å². The minimum Gasteiger partial charge on any atom is -0.507 e. The second kappa shape index (κ2) is 2.99. The van der Waals surface area contributed by atoms with Crippen molar-refractivity contribution in [2.24, 2.45) is 0 Å². The summed E-state index contributed by atoms with van der Waals surface area (Å²) in [7, 11) is 0. The average molecular weight is 189 g/mol. The predicted octanol–water partition coefficient (Wildman–Crippen LogP) is 1.64. The molecule has 0 aliphatic heterocycles. The topological polar surface area (TPSA) is 70.4 Å². The second-order valence-corrected chi connectivity index (χ2v) is 2.86. The van der Waals surface area contributed by atoms with Crippen molar-refractivity contribution < 1.29 is 15.0 Å². The van der Waals surface area contributed by atoms with E-state index in [9.17, 15) is 9.90 Å². The number of aromatic nitrogens is 1. The molecule has 14 heavy (non-hydrogen) atoms. The summed E-state index contributed by atoms with van der Waals surface area (Å²) in [5.41, 5.74) is 0.144. The molecule has 2 N–H and O–H groups in total. The summed E-state index contributed by atoms with van der Waals surface area (Å²) >= 11 is 0. The van der Waals surface area contributed by atoms with E-state index in [1.54, 1.807) is 6.07 Å². The highest BCUT2D eigenvalue weighted by molar-refractivity contribution is 6.05. The van der Waals surface area contributed by atoms with Crippen molar-refractivity contribution in [2.45, 2.75) is 0 Å². The highest BCUT2D eigenvalue weighted by atomic mass is 16.4. The van der Waals surface area contributed by atoms with Crippen LogP contribution in [0.25, 0.3) is 10.8 Å². The molecular formula is C10H7NO3. The summed E-state index contributed by atoms with van der Waals surface area (Å²) in [6, 6.07) is 4.31. The lowest BCUT2D eigenvalue weighted by molar-refractivity contribution is 0.0699. The van der Waals surface area contributed by atoms with Crippen LogP contribution in [0, 0.1) is 0 Å². The number of hydrogen-bond donors (Lipinski definition) is 2. The summed E-state index contributed by atoms with van der Waals surface area (Å²) in [6.07, 6.45) is 2.94. The first-order valence-corrected chi connectivity index (χ1v) is 3.99. The van der Waals surface area contributed by atoms with Crippen molar-refractivity contribution in [3.05, 3.63) is 36.2 Å². The van der Waals surface area contributed by atoms with Crippen molar-refractivity contribution >= 4 is 16.7 Å². The Morgan fingerprint density at radius 3 is 2.71 bits per heavy atom. The van der Waals surface area contributed by atoms with Crippen LogP contribution in [-0.4, -0.2) is 21.2 Å². The van der Waals surface area contributed by atoms with Gasteiger partial charge in [-0.25, -0.2) is 4.79 Å². The molecule has 0 saturated heterocycles. The fraction of sp³-hybridized carbons (Fsp3) is 0. The molecule has 0 fully saturated rings. The van der Waals surface area contributed by atoms with Gasteiger partial charge in [0.25, 0.3) is 0 Å². The highest BCUT2D eigenvalue weighted by Crippen LogP contribution is 2.26. The molecular weight excluding hydrogens is 182 g/mol. The van der Waals surface area contributed by atoms with Crippen LogP contribution < -0.4 is 0 Å². The highest BCUT2D eigenvalue weighted by Gasteiger charge is 2.10. The number of carboxylic acids is 1. The number of nitrogens with zero attached hydrogens (tertiary/aromatic N) is 1. The van der Waals surface area contributed by atoms with Gasteiger partial charge in [-0.1, -0.05) is 0 Å². The predicted molar refractivity (Wildman–Crippen MR) is 50.4 cm³/mol. The average Bonchev–Trinajstić information content (AvgIpc) is 2.18. The Hall–Kier alpha value is -2.10. The van der Waals surface area contributed by atoms with Gasteiger partial charge in [0, 0.05) is 23.2 Å². The number of carbonyl (C=O) groups is 1. The fourth-order valence-electron chi connectivity index (χ4n) is 1.36. The Morgan fingerprint density at radius 1 is 1.21 bits per heavy atom. The molecule has 0 spiro atoms. The third kappa shape index (κ3) is 1.17. The Balaban J connectivity index is 2.88. The Labute approximate surface area is 79.4 Å². The molecule has 0 amide bonds. The van der Waals surface area contributed by atoms with Gasteiger partial charge in [-0.2, -0.15) is 0 Å². The van der Waals surface area contributed by atoms with Crippen molar-refractivity contribution in [3.8, 4) is 5.75 Å². The van der Waals surface area contributed by atoms with Gasteiger partial charge in [0.05, 0.1) is 5.56 Å². The lowest BCUT2D eigenvalue weighted by Crippen LogP contribution is -1.97. The van der Waals surface area contributed by atoms with Crippen molar-refractivity contribution in [1.82, 2.24) is 4.98 Å². The smallest absolute Gasteiger partial charge is 0.336 e. The van der Waals surface area contributed by atoms with E-state index in [0.29, 0.717) is 10.8 Å². The van der Waals surface area contributed by atoms with E-state index in [-0.39, 0.29) is 11.3 Å². The number of aromatic hydroxyl groups is 1. The molecule has 1 heterocycles. The van der Waals surface area contributed by atoms with Gasteiger partial charge in [-0.05, 0) is 18.2 Å². The number of benzene rings is 1. The molecule has 0 unspecified atom stereocenters. The van der Waals surface area contributed by atoms with Gasteiger partial charge < -0.3 is 10.2 Å². The van der Waals surface area contributed by atoms with E-state index < -0.39 is 5.97 Å². The van der Waals surface area contributed by atoms with Crippen LogP contribution in [0.3, 0.4) is 0 Å². The third-order valence-corrected chi connectivity index (χ3v) is 2.03. The lowest BCUT2D eigenvalue weighted by atomic mass is 10.1. The van der Waals surface area contributed by atoms with Gasteiger partial charge in [-0.3, -0.25) is 4.98 Å². The molecule has 2 rings (SSSR count). The normalized spacial score (nSPS) is 10.3. The zero-order valence-electron chi connectivity index (χ0n) is 7.14. The summed E-state index contributed by atoms with van der Waals surface area (Å²) in [5, 5.41) is 19.3. The first kappa shape index (κ1) is 8.50. The van der Waals surface area contributed by atoms with Crippen LogP contribution in [0.1, 0.15) is 10.4 Å². The minimum absolute atomic E-state index is 0.0624. The molecule has 70 valence electrons. The summed E-state index contributed by atoms with van der Waals surface area (Å²) < 4.78 is 0. The van der Waals surface area contributed by atoms with Gasteiger partial charge in [0.15, 0.2) is 0 Å². The van der Waals surface area contributed by atoms with E-state index in [1.807, 2.05) is 0 Å². The van der Waals surface area contributed by atoms with E-state index in [2.05, 4.69) is 4.98 Å². The molecule has 1 aromatic heterocycles. The molecule has 1 aromatic carbocycles. The number of phenols is 1. The fourth-order valence-corrected chi connectivity index (χ4v) is 1.36. The third-order valence-electron chi connectivity index (χ3n) is 2.03. The summed E-state index contributed by atoms with van der Waals surface area (Å²) in [5.74, 6) is -0.963. The molecule has 0 aliphatic rings. The Kier molecular flexibility index (Phi) is 1.81. The number of phenolic OH excluding ortho intramolecular Hbond substituents is 1. The standard InChI is InChI=1S/C10H7NO3/c12-9-2-1-7(10(13)14)8-5-11-4-3-6(8)9/h1-5,12H,(H,13,14). The number of hydrogen-bond acceptors (Lipinski definition) is 3. The molecule has 2 aromatic rings. The number of fused-ring (bicyclic) bond motifs is 1. The quantitative estimate of drug-likeness (QED) is 0.715.